The van der Waals surface area contributed by atoms with Crippen LogP contribution in [0.4, 0.5) is 0 Å². The highest BCUT2D eigenvalue weighted by molar-refractivity contribution is 8.12. The minimum absolute atomic E-state index is 0.742. The van der Waals surface area contributed by atoms with Crippen LogP contribution in [-0.4, -0.2) is 30.2 Å². The van der Waals surface area contributed by atoms with Gasteiger partial charge in [0.1, 0.15) is 0 Å². The van der Waals surface area contributed by atoms with Gasteiger partial charge in [0.05, 0.1) is 7.11 Å². The maximum atomic E-state index is 10.6. The summed E-state index contributed by atoms with van der Waals surface area (Å²) in [5.41, 5.74) is 0. The first-order valence-electron chi connectivity index (χ1n) is 2.41. The summed E-state index contributed by atoms with van der Waals surface area (Å²) in [4.78, 5) is 0. The number of hydrogen-bond donors (Lipinski definition) is 0. The highest BCUT2D eigenvalue weighted by atomic mass is 32.3. The van der Waals surface area contributed by atoms with Crippen LogP contribution >= 0.6 is 0 Å². The average molecular weight is 200 g/mol. The summed E-state index contributed by atoms with van der Waals surface area (Å²) in [7, 11) is -7.05. The van der Waals surface area contributed by atoms with E-state index in [4.69, 9.17) is 0 Å². The summed E-state index contributed by atoms with van der Waals surface area (Å²) in [5.74, 6) is 0. The quantitative estimate of drug-likeness (QED) is 0.573. The highest BCUT2D eigenvalue weighted by Crippen LogP contribution is 2.11. The van der Waals surface area contributed by atoms with E-state index < -0.39 is 24.2 Å². The van der Waals surface area contributed by atoms with Crippen molar-refractivity contribution >= 4 is 20.0 Å². The molecule has 0 atom stereocenters. The van der Waals surface area contributed by atoms with E-state index in [1.165, 1.54) is 0 Å². The molecule has 0 rings (SSSR count). The Morgan fingerprint density at radius 2 is 1.64 bits per heavy atom. The van der Waals surface area contributed by atoms with Gasteiger partial charge in [-0.2, -0.15) is 8.42 Å². The second-order valence-corrected chi connectivity index (χ2v) is 5.79. The summed E-state index contributed by atoms with van der Waals surface area (Å²) in [6.07, 6.45) is 0.742. The third kappa shape index (κ3) is 2.60. The molecule has 5 nitrogen and oxygen atoms in total. The van der Waals surface area contributed by atoms with Crippen LogP contribution in [-0.2, 0) is 24.1 Å². The Labute approximate surface area is 65.7 Å². The third-order valence-corrected chi connectivity index (χ3v) is 4.26. The second kappa shape index (κ2) is 2.92. The molecule has 0 aliphatic rings. The zero-order chi connectivity index (χ0) is 9.28. The molecule has 7 heteroatoms. The molecule has 0 radical (unpaired) electrons. The molecule has 0 saturated heterocycles. The lowest BCUT2D eigenvalue weighted by Gasteiger charge is -2.00. The molecule has 0 fully saturated rings. The molecule has 66 valence electrons. The fourth-order valence-electron chi connectivity index (χ4n) is 0.278. The third-order valence-electron chi connectivity index (χ3n) is 0.912. The van der Waals surface area contributed by atoms with Gasteiger partial charge >= 0.3 is 10.1 Å². The molecule has 0 heterocycles. The van der Waals surface area contributed by atoms with E-state index in [2.05, 4.69) is 10.8 Å². The molecular formula is C4H8O5S2. The molecule has 0 saturated carbocycles. The largest absolute Gasteiger partial charge is 0.307 e. The van der Waals surface area contributed by atoms with Crippen molar-refractivity contribution in [2.24, 2.45) is 0 Å². The van der Waals surface area contributed by atoms with E-state index in [1.807, 2.05) is 0 Å². The molecule has 0 aromatic carbocycles. The van der Waals surface area contributed by atoms with Gasteiger partial charge in [-0.05, 0) is 0 Å². The summed E-state index contributed by atoms with van der Waals surface area (Å²) >= 11 is 0. The Morgan fingerprint density at radius 1 is 1.27 bits per heavy atom. The molecular weight excluding hydrogens is 192 g/mol. The fourth-order valence-corrected chi connectivity index (χ4v) is 2.15. The standard InChI is InChI=1S/C4H8O5S2/c1-4(10(3,5)6)11(7,8)9-2/h1H2,2-3H3. The van der Waals surface area contributed by atoms with Crippen molar-refractivity contribution in [3.05, 3.63) is 10.8 Å². The second-order valence-electron chi connectivity index (χ2n) is 1.76. The van der Waals surface area contributed by atoms with Crippen LogP contribution in [0, 0.1) is 0 Å². The Balaban J connectivity index is 5.14. The smallest absolute Gasteiger partial charge is 0.269 e. The number of sulfone groups is 1. The van der Waals surface area contributed by atoms with Crippen molar-refractivity contribution in [1.82, 2.24) is 0 Å². The van der Waals surface area contributed by atoms with Crippen molar-refractivity contribution in [1.29, 1.82) is 0 Å². The van der Waals surface area contributed by atoms with Crippen LogP contribution in [0.1, 0.15) is 0 Å². The molecule has 11 heavy (non-hydrogen) atoms. The lowest BCUT2D eigenvalue weighted by atomic mass is 11.3. The molecule has 0 amide bonds. The van der Waals surface area contributed by atoms with Crippen molar-refractivity contribution < 1.29 is 21.0 Å². The molecule has 0 aromatic rings. The van der Waals surface area contributed by atoms with E-state index in [-0.39, 0.29) is 0 Å². The average Bonchev–Trinajstić information content (AvgIpc) is 1.84. The van der Waals surface area contributed by atoms with E-state index in [9.17, 15) is 16.8 Å². The van der Waals surface area contributed by atoms with Crippen LogP contribution in [0.5, 0.6) is 0 Å². The zero-order valence-corrected chi connectivity index (χ0v) is 7.70. The lowest BCUT2D eigenvalue weighted by molar-refractivity contribution is 0.405. The van der Waals surface area contributed by atoms with Crippen molar-refractivity contribution in [3.8, 4) is 0 Å². The van der Waals surface area contributed by atoms with E-state index in [0.717, 1.165) is 13.4 Å². The maximum absolute atomic E-state index is 10.6. The Bertz CT molecular complexity index is 346. The maximum Gasteiger partial charge on any atom is 0.307 e. The zero-order valence-electron chi connectivity index (χ0n) is 6.06. The molecule has 0 aromatic heterocycles. The molecule has 0 aliphatic heterocycles. The summed E-state index contributed by atoms with van der Waals surface area (Å²) in [5, 5.41) is 0. The molecule has 0 bridgehead atoms. The first-order chi connectivity index (χ1) is 4.72. The Hall–Kier alpha value is -0.400. The number of rotatable bonds is 3. The minimum Gasteiger partial charge on any atom is -0.269 e. The van der Waals surface area contributed by atoms with Gasteiger partial charge in [-0.25, -0.2) is 8.42 Å². The van der Waals surface area contributed by atoms with Crippen molar-refractivity contribution in [2.45, 2.75) is 0 Å². The van der Waals surface area contributed by atoms with Crippen LogP contribution in [0.3, 0.4) is 0 Å². The van der Waals surface area contributed by atoms with Gasteiger partial charge in [-0.15, -0.1) is 0 Å². The SMILES string of the molecule is C=C(S(C)(=O)=O)S(=O)(=O)OC. The molecule has 0 spiro atoms. The lowest BCUT2D eigenvalue weighted by Crippen LogP contribution is -2.12. The predicted octanol–water partition coefficient (Wildman–Crippen LogP) is -0.522. The van der Waals surface area contributed by atoms with Gasteiger partial charge in [0, 0.05) is 6.26 Å². The Morgan fingerprint density at radius 3 is 1.73 bits per heavy atom. The summed E-state index contributed by atoms with van der Waals surface area (Å²) < 4.78 is 45.4. The highest BCUT2D eigenvalue weighted by Gasteiger charge is 2.23. The van der Waals surface area contributed by atoms with E-state index >= 15 is 0 Å². The first-order valence-corrected chi connectivity index (χ1v) is 5.71. The van der Waals surface area contributed by atoms with Crippen LogP contribution in [0.25, 0.3) is 0 Å². The van der Waals surface area contributed by atoms with E-state index in [0.29, 0.717) is 0 Å². The predicted molar refractivity (Wildman–Crippen MR) is 39.9 cm³/mol. The van der Waals surface area contributed by atoms with Crippen molar-refractivity contribution in [2.75, 3.05) is 13.4 Å². The van der Waals surface area contributed by atoms with Gasteiger partial charge in [0.2, 0.25) is 0 Å². The first kappa shape index (κ1) is 10.6. The van der Waals surface area contributed by atoms with Crippen molar-refractivity contribution in [3.63, 3.8) is 0 Å². The van der Waals surface area contributed by atoms with Gasteiger partial charge in [0.15, 0.2) is 14.1 Å². The minimum atomic E-state index is -4.14. The fraction of sp³-hybridized carbons (Fsp3) is 0.500. The normalized spacial score (nSPS) is 12.9. The van der Waals surface area contributed by atoms with Gasteiger partial charge in [-0.1, -0.05) is 6.58 Å². The molecule has 0 N–H and O–H groups in total. The van der Waals surface area contributed by atoms with E-state index in [1.54, 1.807) is 0 Å². The van der Waals surface area contributed by atoms with Crippen LogP contribution in [0.2, 0.25) is 0 Å². The van der Waals surface area contributed by atoms with Gasteiger partial charge in [0.25, 0.3) is 0 Å². The monoisotopic (exact) mass is 200 g/mol. The van der Waals surface area contributed by atoms with Gasteiger partial charge in [-0.3, -0.25) is 4.18 Å². The molecule has 0 aliphatic carbocycles. The Kier molecular flexibility index (Phi) is 2.81. The summed E-state index contributed by atoms with van der Waals surface area (Å²) in [6, 6.07) is 0. The molecule has 0 unspecified atom stereocenters. The van der Waals surface area contributed by atoms with Crippen LogP contribution in [0.15, 0.2) is 10.8 Å². The summed E-state index contributed by atoms with van der Waals surface area (Å²) in [6.45, 7) is 2.87. The topological polar surface area (TPSA) is 77.5 Å². The number of hydrogen-bond acceptors (Lipinski definition) is 5. The van der Waals surface area contributed by atoms with Gasteiger partial charge < -0.3 is 0 Å². The van der Waals surface area contributed by atoms with Crippen LogP contribution < -0.4 is 0 Å².